The number of carbonyl (C=O) groups excluding carboxylic acids is 1. The summed E-state index contributed by atoms with van der Waals surface area (Å²) < 4.78 is 5.74. The van der Waals surface area contributed by atoms with E-state index in [-0.39, 0.29) is 12.1 Å². The number of rotatable bonds is 7. The lowest BCUT2D eigenvalue weighted by atomic mass is 10.2. The van der Waals surface area contributed by atoms with Crippen molar-refractivity contribution in [2.24, 2.45) is 5.92 Å². The molecule has 5 heteroatoms. The largest absolute Gasteiger partial charge is 0.491 e. The molecule has 0 saturated heterocycles. The lowest BCUT2D eigenvalue weighted by Gasteiger charge is -2.28. The Morgan fingerprint density at radius 2 is 1.86 bits per heavy atom. The summed E-state index contributed by atoms with van der Waals surface area (Å²) in [6.07, 6.45) is -0.569. The predicted octanol–water partition coefficient (Wildman–Crippen LogP) is 3.34. The van der Waals surface area contributed by atoms with Crippen LogP contribution < -0.4 is 10.1 Å². The molecule has 1 aromatic rings. The van der Waals surface area contributed by atoms with Gasteiger partial charge in [-0.3, -0.25) is 0 Å². The first kappa shape index (κ1) is 18.3. The molecule has 0 aliphatic carbocycles. The van der Waals surface area contributed by atoms with Crippen LogP contribution in [0.15, 0.2) is 24.3 Å². The molecule has 0 saturated carbocycles. The van der Waals surface area contributed by atoms with E-state index in [1.165, 1.54) is 0 Å². The average Bonchev–Trinajstić information content (AvgIpc) is 2.43. The van der Waals surface area contributed by atoms with Crippen LogP contribution >= 0.6 is 0 Å². The van der Waals surface area contributed by atoms with E-state index in [4.69, 9.17) is 4.74 Å². The Morgan fingerprint density at radius 1 is 1.23 bits per heavy atom. The number of amides is 2. The second-order valence-electron chi connectivity index (χ2n) is 6.23. The van der Waals surface area contributed by atoms with Gasteiger partial charge in [0.2, 0.25) is 0 Å². The Kier molecular flexibility index (Phi) is 7.18. The Bertz CT molecular complexity index is 473. The Morgan fingerprint density at radius 3 is 2.41 bits per heavy atom. The van der Waals surface area contributed by atoms with E-state index in [2.05, 4.69) is 19.2 Å². The molecule has 1 aromatic carbocycles. The standard InChI is InChI=1S/C17H28N2O3/c1-12(2)11-22-16-9-7-6-8-15(16)18-17(21)19(13(3)4)10-14(5)20/h6-9,12-14,20H,10-11H2,1-5H3,(H,18,21). The fourth-order valence-electron chi connectivity index (χ4n) is 1.95. The van der Waals surface area contributed by atoms with Crippen LogP contribution in [-0.4, -0.2) is 41.3 Å². The Hall–Kier alpha value is -1.75. The van der Waals surface area contributed by atoms with Gasteiger partial charge < -0.3 is 20.1 Å². The minimum atomic E-state index is -0.569. The summed E-state index contributed by atoms with van der Waals surface area (Å²) in [5.41, 5.74) is 0.643. The third-order valence-electron chi connectivity index (χ3n) is 3.05. The van der Waals surface area contributed by atoms with Crippen LogP contribution in [0.3, 0.4) is 0 Å². The Labute approximate surface area is 133 Å². The van der Waals surface area contributed by atoms with Crippen molar-refractivity contribution in [3.8, 4) is 5.75 Å². The third-order valence-corrected chi connectivity index (χ3v) is 3.05. The number of urea groups is 1. The van der Waals surface area contributed by atoms with Crippen molar-refractivity contribution in [3.05, 3.63) is 24.3 Å². The highest BCUT2D eigenvalue weighted by Gasteiger charge is 2.19. The molecule has 124 valence electrons. The number of anilines is 1. The molecular weight excluding hydrogens is 280 g/mol. The van der Waals surface area contributed by atoms with Crippen LogP contribution in [0.4, 0.5) is 10.5 Å². The van der Waals surface area contributed by atoms with Gasteiger partial charge in [-0.2, -0.15) is 0 Å². The van der Waals surface area contributed by atoms with Crippen molar-refractivity contribution < 1.29 is 14.6 Å². The van der Waals surface area contributed by atoms with Gasteiger partial charge >= 0.3 is 6.03 Å². The van der Waals surface area contributed by atoms with E-state index in [0.29, 0.717) is 30.5 Å². The van der Waals surface area contributed by atoms with Gasteiger partial charge in [0.25, 0.3) is 0 Å². The normalized spacial score (nSPS) is 12.4. The third kappa shape index (κ3) is 5.93. The highest BCUT2D eigenvalue weighted by Crippen LogP contribution is 2.24. The zero-order chi connectivity index (χ0) is 16.7. The number of hydrogen-bond acceptors (Lipinski definition) is 3. The van der Waals surface area contributed by atoms with E-state index in [0.717, 1.165) is 0 Å². The molecule has 1 rings (SSSR count). The highest BCUT2D eigenvalue weighted by molar-refractivity contribution is 5.91. The lowest BCUT2D eigenvalue weighted by molar-refractivity contribution is 0.125. The van der Waals surface area contributed by atoms with Crippen LogP contribution in [0.25, 0.3) is 0 Å². The quantitative estimate of drug-likeness (QED) is 0.812. The van der Waals surface area contributed by atoms with E-state index >= 15 is 0 Å². The molecular formula is C17H28N2O3. The van der Waals surface area contributed by atoms with Crippen LogP contribution in [0.1, 0.15) is 34.6 Å². The molecule has 2 N–H and O–H groups in total. The van der Waals surface area contributed by atoms with E-state index in [1.54, 1.807) is 11.8 Å². The van der Waals surface area contributed by atoms with Crippen molar-refractivity contribution in [3.63, 3.8) is 0 Å². The van der Waals surface area contributed by atoms with Crippen LogP contribution in [0, 0.1) is 5.92 Å². The fraction of sp³-hybridized carbons (Fsp3) is 0.588. The zero-order valence-electron chi connectivity index (χ0n) is 14.2. The predicted molar refractivity (Wildman–Crippen MR) is 89.3 cm³/mol. The maximum Gasteiger partial charge on any atom is 0.322 e. The summed E-state index contributed by atoms with van der Waals surface area (Å²) in [7, 11) is 0. The molecule has 0 fully saturated rings. The number of aliphatic hydroxyl groups excluding tert-OH is 1. The molecule has 0 aliphatic heterocycles. The number of benzene rings is 1. The zero-order valence-corrected chi connectivity index (χ0v) is 14.2. The molecule has 0 radical (unpaired) electrons. The molecule has 0 spiro atoms. The van der Waals surface area contributed by atoms with Gasteiger partial charge in [0.15, 0.2) is 0 Å². The maximum atomic E-state index is 12.4. The molecule has 0 aromatic heterocycles. The molecule has 0 heterocycles. The minimum absolute atomic E-state index is 0.00153. The minimum Gasteiger partial charge on any atom is -0.491 e. The van der Waals surface area contributed by atoms with Crippen LogP contribution in [0.2, 0.25) is 0 Å². The number of ether oxygens (including phenoxy) is 1. The van der Waals surface area contributed by atoms with Crippen molar-refractivity contribution in [2.45, 2.75) is 46.8 Å². The number of aliphatic hydroxyl groups is 1. The molecule has 2 amide bonds. The van der Waals surface area contributed by atoms with Gasteiger partial charge in [-0.25, -0.2) is 4.79 Å². The second-order valence-corrected chi connectivity index (χ2v) is 6.23. The molecule has 0 aliphatic rings. The van der Waals surface area contributed by atoms with Gasteiger partial charge in [0.05, 0.1) is 18.4 Å². The first-order valence-electron chi connectivity index (χ1n) is 7.78. The van der Waals surface area contributed by atoms with Gasteiger partial charge in [0.1, 0.15) is 5.75 Å². The van der Waals surface area contributed by atoms with Crippen molar-refractivity contribution in [1.82, 2.24) is 4.90 Å². The second kappa shape index (κ2) is 8.63. The van der Waals surface area contributed by atoms with Crippen molar-refractivity contribution in [2.75, 3.05) is 18.5 Å². The summed E-state index contributed by atoms with van der Waals surface area (Å²) in [5.74, 6) is 1.07. The van der Waals surface area contributed by atoms with Gasteiger partial charge in [-0.05, 0) is 38.8 Å². The number of nitrogens with one attached hydrogen (secondary N) is 1. The van der Waals surface area contributed by atoms with E-state index in [1.807, 2.05) is 38.1 Å². The van der Waals surface area contributed by atoms with Gasteiger partial charge in [0, 0.05) is 12.6 Å². The summed E-state index contributed by atoms with van der Waals surface area (Å²) in [4.78, 5) is 14.0. The lowest BCUT2D eigenvalue weighted by Crippen LogP contribution is -2.43. The monoisotopic (exact) mass is 308 g/mol. The van der Waals surface area contributed by atoms with E-state index < -0.39 is 6.10 Å². The first-order valence-corrected chi connectivity index (χ1v) is 7.78. The summed E-state index contributed by atoms with van der Waals surface area (Å²) in [5, 5.41) is 12.4. The summed E-state index contributed by atoms with van der Waals surface area (Å²) >= 11 is 0. The molecule has 5 nitrogen and oxygen atoms in total. The van der Waals surface area contributed by atoms with Crippen LogP contribution in [0.5, 0.6) is 5.75 Å². The molecule has 1 atom stereocenters. The Balaban J connectivity index is 2.81. The molecule has 0 bridgehead atoms. The molecule has 22 heavy (non-hydrogen) atoms. The number of nitrogens with zero attached hydrogens (tertiary/aromatic N) is 1. The number of hydrogen-bond donors (Lipinski definition) is 2. The SMILES string of the molecule is CC(C)COc1ccccc1NC(=O)N(CC(C)O)C(C)C. The average molecular weight is 308 g/mol. The van der Waals surface area contributed by atoms with Gasteiger partial charge in [-0.1, -0.05) is 26.0 Å². The smallest absolute Gasteiger partial charge is 0.322 e. The number of carbonyl (C=O) groups is 1. The summed E-state index contributed by atoms with van der Waals surface area (Å²) in [6.45, 7) is 10.5. The maximum absolute atomic E-state index is 12.4. The van der Waals surface area contributed by atoms with Crippen LogP contribution in [-0.2, 0) is 0 Å². The highest BCUT2D eigenvalue weighted by atomic mass is 16.5. The summed E-state index contributed by atoms with van der Waals surface area (Å²) in [6, 6.07) is 7.14. The number of para-hydroxylation sites is 2. The van der Waals surface area contributed by atoms with E-state index in [9.17, 15) is 9.90 Å². The fourth-order valence-corrected chi connectivity index (χ4v) is 1.95. The first-order chi connectivity index (χ1) is 10.3. The van der Waals surface area contributed by atoms with Gasteiger partial charge in [-0.15, -0.1) is 0 Å². The molecule has 1 unspecified atom stereocenters. The van der Waals surface area contributed by atoms with Crippen molar-refractivity contribution >= 4 is 11.7 Å². The van der Waals surface area contributed by atoms with Crippen molar-refractivity contribution in [1.29, 1.82) is 0 Å². The topological polar surface area (TPSA) is 61.8 Å².